The summed E-state index contributed by atoms with van der Waals surface area (Å²) < 4.78 is 23.0. The summed E-state index contributed by atoms with van der Waals surface area (Å²) in [6, 6.07) is 4.01. The van der Waals surface area contributed by atoms with Crippen molar-refractivity contribution in [1.29, 1.82) is 0 Å². The molecular formula is C12H16ClNO4S. The van der Waals surface area contributed by atoms with Gasteiger partial charge >= 0.3 is 0 Å². The second-order valence-corrected chi connectivity index (χ2v) is 6.45. The van der Waals surface area contributed by atoms with Crippen molar-refractivity contribution < 1.29 is 18.3 Å². The maximum absolute atomic E-state index is 12.2. The average Bonchev–Trinajstić information content (AvgIpc) is 2.34. The van der Waals surface area contributed by atoms with E-state index in [2.05, 4.69) is 0 Å². The van der Waals surface area contributed by atoms with Crippen molar-refractivity contribution in [2.24, 2.45) is 0 Å². The van der Waals surface area contributed by atoms with E-state index in [9.17, 15) is 13.2 Å². The van der Waals surface area contributed by atoms with E-state index in [1.165, 1.54) is 23.1 Å². The van der Waals surface area contributed by atoms with Gasteiger partial charge in [0.05, 0.1) is 22.1 Å². The molecule has 0 bridgehead atoms. The van der Waals surface area contributed by atoms with Crippen LogP contribution in [0.25, 0.3) is 0 Å². The van der Waals surface area contributed by atoms with Crippen molar-refractivity contribution in [2.45, 2.75) is 11.8 Å². The molecule has 0 fully saturated rings. The molecule has 0 aliphatic carbocycles. The molecule has 1 aromatic carbocycles. The third-order valence-corrected chi connectivity index (χ3v) is 4.08. The molecule has 0 radical (unpaired) electrons. The lowest BCUT2D eigenvalue weighted by Crippen LogP contribution is -2.33. The Morgan fingerprint density at radius 3 is 2.53 bits per heavy atom. The zero-order valence-corrected chi connectivity index (χ0v) is 12.3. The Labute approximate surface area is 117 Å². The topological polar surface area (TPSA) is 74.7 Å². The number of sulfone groups is 1. The minimum absolute atomic E-state index is 0.0419. The summed E-state index contributed by atoms with van der Waals surface area (Å²) in [4.78, 5) is 13.6. The second kappa shape index (κ2) is 6.36. The first-order chi connectivity index (χ1) is 8.81. The molecule has 1 N–H and O–H groups in total. The highest BCUT2D eigenvalue weighted by Gasteiger charge is 2.19. The Morgan fingerprint density at radius 2 is 2.05 bits per heavy atom. The first kappa shape index (κ1) is 15.9. The third kappa shape index (κ3) is 3.92. The summed E-state index contributed by atoms with van der Waals surface area (Å²) in [6.07, 6.45) is 1.07. The van der Waals surface area contributed by atoms with Crippen LogP contribution in [0.4, 0.5) is 0 Å². The fourth-order valence-electron chi connectivity index (χ4n) is 1.59. The van der Waals surface area contributed by atoms with Crippen molar-refractivity contribution in [3.8, 4) is 0 Å². The van der Waals surface area contributed by atoms with Gasteiger partial charge in [0.1, 0.15) is 0 Å². The lowest BCUT2D eigenvalue weighted by atomic mass is 10.2. The molecule has 1 amide bonds. The first-order valence-electron chi connectivity index (χ1n) is 5.71. The molecule has 0 saturated heterocycles. The molecule has 0 atom stereocenters. The maximum atomic E-state index is 12.2. The molecule has 0 aromatic heterocycles. The number of rotatable bonds is 5. The van der Waals surface area contributed by atoms with Gasteiger partial charge in [-0.2, -0.15) is 0 Å². The Morgan fingerprint density at radius 1 is 1.42 bits per heavy atom. The van der Waals surface area contributed by atoms with Gasteiger partial charge in [-0.1, -0.05) is 11.6 Å². The number of aliphatic hydroxyl groups excluding tert-OH is 1. The molecule has 0 unspecified atom stereocenters. The number of hydrogen-bond donors (Lipinski definition) is 1. The van der Waals surface area contributed by atoms with Crippen molar-refractivity contribution in [2.75, 3.05) is 26.0 Å². The van der Waals surface area contributed by atoms with Gasteiger partial charge in [-0.3, -0.25) is 4.79 Å². The van der Waals surface area contributed by atoms with E-state index in [1.807, 2.05) is 0 Å². The first-order valence-corrected chi connectivity index (χ1v) is 7.98. The van der Waals surface area contributed by atoms with Gasteiger partial charge in [0.2, 0.25) is 0 Å². The van der Waals surface area contributed by atoms with Crippen LogP contribution in [-0.4, -0.2) is 50.3 Å². The minimum Gasteiger partial charge on any atom is -0.395 e. The Bertz CT molecular complexity index is 571. The lowest BCUT2D eigenvalue weighted by molar-refractivity contribution is 0.0732. The van der Waals surface area contributed by atoms with Crippen molar-refractivity contribution in [3.05, 3.63) is 28.8 Å². The molecular weight excluding hydrogens is 290 g/mol. The van der Waals surface area contributed by atoms with Gasteiger partial charge in [0, 0.05) is 19.3 Å². The number of halogens is 1. The van der Waals surface area contributed by atoms with Crippen LogP contribution in [0.1, 0.15) is 17.3 Å². The van der Waals surface area contributed by atoms with Crippen molar-refractivity contribution in [1.82, 2.24) is 4.90 Å². The smallest absolute Gasteiger partial charge is 0.255 e. The van der Waals surface area contributed by atoms with Crippen LogP contribution in [0.5, 0.6) is 0 Å². The summed E-state index contributed by atoms with van der Waals surface area (Å²) in [6.45, 7) is 2.18. The molecule has 106 valence electrons. The van der Waals surface area contributed by atoms with Crippen LogP contribution >= 0.6 is 11.6 Å². The molecule has 1 rings (SSSR count). The van der Waals surface area contributed by atoms with Crippen LogP contribution in [0.15, 0.2) is 23.1 Å². The molecule has 0 aliphatic rings. The molecule has 0 heterocycles. The van der Waals surface area contributed by atoms with Gasteiger partial charge in [-0.25, -0.2) is 8.42 Å². The Kier molecular flexibility index (Phi) is 5.34. The highest BCUT2D eigenvalue weighted by Crippen LogP contribution is 2.22. The quantitative estimate of drug-likeness (QED) is 0.887. The second-order valence-electron chi connectivity index (χ2n) is 4.02. The van der Waals surface area contributed by atoms with Crippen molar-refractivity contribution in [3.63, 3.8) is 0 Å². The van der Waals surface area contributed by atoms with Gasteiger partial charge in [0.25, 0.3) is 5.91 Å². The molecule has 0 saturated carbocycles. The van der Waals surface area contributed by atoms with Crippen LogP contribution in [0.2, 0.25) is 5.02 Å². The van der Waals surface area contributed by atoms with E-state index in [4.69, 9.17) is 16.7 Å². The lowest BCUT2D eigenvalue weighted by Gasteiger charge is -2.20. The number of amides is 1. The van der Waals surface area contributed by atoms with Crippen LogP contribution in [-0.2, 0) is 9.84 Å². The van der Waals surface area contributed by atoms with Gasteiger partial charge in [0.15, 0.2) is 9.84 Å². The highest BCUT2D eigenvalue weighted by molar-refractivity contribution is 7.90. The highest BCUT2D eigenvalue weighted by atomic mass is 35.5. The van der Waals surface area contributed by atoms with E-state index in [0.717, 1.165) is 6.26 Å². The predicted octanol–water partition coefficient (Wildman–Crippen LogP) is 1.20. The zero-order valence-electron chi connectivity index (χ0n) is 10.8. The number of carbonyl (C=O) groups excluding carboxylic acids is 1. The fraction of sp³-hybridized carbons (Fsp3) is 0.417. The van der Waals surface area contributed by atoms with Crippen LogP contribution < -0.4 is 0 Å². The van der Waals surface area contributed by atoms with E-state index in [-0.39, 0.29) is 28.6 Å². The monoisotopic (exact) mass is 305 g/mol. The third-order valence-electron chi connectivity index (χ3n) is 2.64. The Hall–Kier alpha value is -1.11. The number of aliphatic hydroxyl groups is 1. The summed E-state index contributed by atoms with van der Waals surface area (Å²) in [7, 11) is -3.40. The van der Waals surface area contributed by atoms with E-state index < -0.39 is 15.7 Å². The standard InChI is InChI=1S/C12H16ClNO4S/c1-3-14(6-7-15)12(16)10-8-9(19(2,17)18)4-5-11(10)13/h4-5,8,15H,3,6-7H2,1-2H3. The molecule has 19 heavy (non-hydrogen) atoms. The normalized spacial score (nSPS) is 11.4. The van der Waals surface area contributed by atoms with E-state index >= 15 is 0 Å². The van der Waals surface area contributed by atoms with Crippen LogP contribution in [0, 0.1) is 0 Å². The average molecular weight is 306 g/mol. The number of likely N-dealkylation sites (N-methyl/N-ethyl adjacent to an activating group) is 1. The minimum atomic E-state index is -3.40. The van der Waals surface area contributed by atoms with E-state index in [0.29, 0.717) is 6.54 Å². The SMILES string of the molecule is CCN(CCO)C(=O)c1cc(S(C)(=O)=O)ccc1Cl. The maximum Gasteiger partial charge on any atom is 0.255 e. The van der Waals surface area contributed by atoms with Gasteiger partial charge in [-0.15, -0.1) is 0 Å². The van der Waals surface area contributed by atoms with Crippen LogP contribution in [0.3, 0.4) is 0 Å². The Balaban J connectivity index is 3.22. The molecule has 1 aromatic rings. The largest absolute Gasteiger partial charge is 0.395 e. The van der Waals surface area contributed by atoms with Gasteiger partial charge in [-0.05, 0) is 25.1 Å². The zero-order chi connectivity index (χ0) is 14.6. The summed E-state index contributed by atoms with van der Waals surface area (Å²) in [5.41, 5.74) is 0.125. The van der Waals surface area contributed by atoms with Crippen molar-refractivity contribution >= 4 is 27.3 Å². The van der Waals surface area contributed by atoms with E-state index in [1.54, 1.807) is 6.92 Å². The summed E-state index contributed by atoms with van der Waals surface area (Å²) in [5, 5.41) is 9.08. The summed E-state index contributed by atoms with van der Waals surface area (Å²) >= 11 is 5.94. The fourth-order valence-corrected chi connectivity index (χ4v) is 2.44. The summed E-state index contributed by atoms with van der Waals surface area (Å²) in [5.74, 6) is -0.396. The number of benzene rings is 1. The number of nitrogens with zero attached hydrogens (tertiary/aromatic N) is 1. The predicted molar refractivity (Wildman–Crippen MR) is 73.2 cm³/mol. The number of carbonyl (C=O) groups is 1. The van der Waals surface area contributed by atoms with Gasteiger partial charge < -0.3 is 10.0 Å². The number of hydrogen-bond acceptors (Lipinski definition) is 4. The molecule has 0 spiro atoms. The molecule has 7 heteroatoms. The molecule has 0 aliphatic heterocycles. The molecule has 5 nitrogen and oxygen atoms in total.